The van der Waals surface area contributed by atoms with E-state index in [1.165, 1.54) is 11.3 Å². The SMILES string of the molecule is O=C(CCCS(=O)(=O)Cc1ccccc1)N(CC1CCCO1)c1nc2ccc(Cl)cc2s1. The van der Waals surface area contributed by atoms with Crippen molar-refractivity contribution in [2.24, 2.45) is 0 Å². The fourth-order valence-electron chi connectivity index (χ4n) is 3.76. The Morgan fingerprint density at radius 3 is 2.78 bits per heavy atom. The molecule has 1 saturated heterocycles. The van der Waals surface area contributed by atoms with Crippen molar-refractivity contribution in [3.8, 4) is 0 Å². The Balaban J connectivity index is 1.43. The Hall–Kier alpha value is -2.00. The van der Waals surface area contributed by atoms with Crippen LogP contribution < -0.4 is 4.90 Å². The van der Waals surface area contributed by atoms with Gasteiger partial charge in [0.05, 0.1) is 34.4 Å². The number of hydrogen-bond acceptors (Lipinski definition) is 6. The Kier molecular flexibility index (Phi) is 7.45. The maximum Gasteiger partial charge on any atom is 0.228 e. The second-order valence-electron chi connectivity index (χ2n) is 7.93. The van der Waals surface area contributed by atoms with Gasteiger partial charge in [0.2, 0.25) is 5.91 Å². The van der Waals surface area contributed by atoms with E-state index in [2.05, 4.69) is 4.98 Å². The number of amides is 1. The topological polar surface area (TPSA) is 76.6 Å². The number of rotatable bonds is 9. The molecule has 0 saturated carbocycles. The highest BCUT2D eigenvalue weighted by molar-refractivity contribution is 7.90. The molecule has 6 nitrogen and oxygen atoms in total. The minimum Gasteiger partial charge on any atom is -0.376 e. The van der Waals surface area contributed by atoms with E-state index in [0.717, 1.165) is 28.6 Å². The first-order chi connectivity index (χ1) is 15.4. The molecule has 4 rings (SSSR count). The Labute approximate surface area is 197 Å². The summed E-state index contributed by atoms with van der Waals surface area (Å²) >= 11 is 7.51. The Bertz CT molecular complexity index is 1180. The van der Waals surface area contributed by atoms with Crippen LogP contribution in [0.3, 0.4) is 0 Å². The third kappa shape index (κ3) is 6.07. The molecular formula is C23H25ClN2O4S2. The number of fused-ring (bicyclic) bond motifs is 1. The van der Waals surface area contributed by atoms with E-state index in [1.807, 2.05) is 30.3 Å². The summed E-state index contributed by atoms with van der Waals surface area (Å²) in [5.74, 6) is -0.183. The molecule has 170 valence electrons. The molecule has 0 aliphatic carbocycles. The monoisotopic (exact) mass is 492 g/mol. The fourth-order valence-corrected chi connectivity index (χ4v) is 6.46. The molecule has 0 N–H and O–H groups in total. The second kappa shape index (κ2) is 10.3. The highest BCUT2D eigenvalue weighted by Crippen LogP contribution is 2.32. The van der Waals surface area contributed by atoms with Crippen LogP contribution in [0.2, 0.25) is 5.02 Å². The van der Waals surface area contributed by atoms with Crippen LogP contribution in [-0.2, 0) is 25.1 Å². The van der Waals surface area contributed by atoms with Gasteiger partial charge in [0.25, 0.3) is 0 Å². The molecule has 1 atom stereocenters. The van der Waals surface area contributed by atoms with Crippen LogP contribution >= 0.6 is 22.9 Å². The Morgan fingerprint density at radius 2 is 2.03 bits per heavy atom. The van der Waals surface area contributed by atoms with Gasteiger partial charge in [0.15, 0.2) is 15.0 Å². The molecule has 1 aliphatic rings. The van der Waals surface area contributed by atoms with Crippen LogP contribution in [0.1, 0.15) is 31.2 Å². The molecule has 9 heteroatoms. The fraction of sp³-hybridized carbons (Fsp3) is 0.391. The van der Waals surface area contributed by atoms with Crippen molar-refractivity contribution < 1.29 is 17.9 Å². The predicted octanol–water partition coefficient (Wildman–Crippen LogP) is 4.86. The van der Waals surface area contributed by atoms with Crippen molar-refractivity contribution in [3.05, 3.63) is 59.1 Å². The molecule has 2 heterocycles. The zero-order valence-electron chi connectivity index (χ0n) is 17.6. The van der Waals surface area contributed by atoms with E-state index in [9.17, 15) is 13.2 Å². The van der Waals surface area contributed by atoms with Crippen LogP contribution in [0.5, 0.6) is 0 Å². The number of carbonyl (C=O) groups is 1. The van der Waals surface area contributed by atoms with Crippen molar-refractivity contribution in [2.75, 3.05) is 23.8 Å². The lowest BCUT2D eigenvalue weighted by molar-refractivity contribution is -0.119. The minimum absolute atomic E-state index is 0.0136. The van der Waals surface area contributed by atoms with Crippen LogP contribution in [-0.4, -0.2) is 44.3 Å². The number of thiazole rings is 1. The van der Waals surface area contributed by atoms with Gasteiger partial charge in [-0.3, -0.25) is 9.69 Å². The standard InChI is InChI=1S/C23H25ClN2O4S2/c24-18-10-11-20-21(14-18)31-23(25-20)26(15-19-8-4-12-30-19)22(27)9-5-13-32(28,29)16-17-6-2-1-3-7-17/h1-3,6-7,10-11,14,19H,4-5,8-9,12-13,15-16H2. The number of ether oxygens (including phenoxy) is 1. The number of sulfone groups is 1. The summed E-state index contributed by atoms with van der Waals surface area (Å²) < 4.78 is 31.6. The van der Waals surface area contributed by atoms with Crippen molar-refractivity contribution in [3.63, 3.8) is 0 Å². The van der Waals surface area contributed by atoms with Crippen molar-refractivity contribution >= 4 is 54.0 Å². The molecule has 1 fully saturated rings. The summed E-state index contributed by atoms with van der Waals surface area (Å²) in [4.78, 5) is 19.4. The number of aromatic nitrogens is 1. The molecule has 1 aromatic heterocycles. The molecule has 3 aromatic rings. The number of halogens is 1. The van der Waals surface area contributed by atoms with Crippen LogP contribution in [0.15, 0.2) is 48.5 Å². The summed E-state index contributed by atoms with van der Waals surface area (Å²) in [5.41, 5.74) is 1.54. The summed E-state index contributed by atoms with van der Waals surface area (Å²) in [5, 5.41) is 1.21. The van der Waals surface area contributed by atoms with E-state index in [-0.39, 0.29) is 36.4 Å². The van der Waals surface area contributed by atoms with Gasteiger partial charge >= 0.3 is 0 Å². The third-order valence-corrected chi connectivity index (χ3v) is 8.32. The number of carbonyl (C=O) groups excluding carboxylic acids is 1. The normalized spacial score (nSPS) is 16.5. The highest BCUT2D eigenvalue weighted by Gasteiger charge is 2.26. The van der Waals surface area contributed by atoms with Crippen LogP contribution in [0.25, 0.3) is 10.2 Å². The summed E-state index contributed by atoms with van der Waals surface area (Å²) in [7, 11) is -3.29. The van der Waals surface area contributed by atoms with Gasteiger partial charge in [0.1, 0.15) is 0 Å². The smallest absolute Gasteiger partial charge is 0.228 e. The largest absolute Gasteiger partial charge is 0.376 e. The van der Waals surface area contributed by atoms with Gasteiger partial charge < -0.3 is 4.74 Å². The van der Waals surface area contributed by atoms with Gasteiger partial charge in [-0.15, -0.1) is 0 Å². The predicted molar refractivity (Wildman–Crippen MR) is 129 cm³/mol. The minimum atomic E-state index is -3.29. The lowest BCUT2D eigenvalue weighted by Gasteiger charge is -2.23. The molecule has 1 unspecified atom stereocenters. The molecule has 0 radical (unpaired) electrons. The molecule has 1 amide bonds. The maximum absolute atomic E-state index is 13.1. The van der Waals surface area contributed by atoms with E-state index in [0.29, 0.717) is 23.3 Å². The Morgan fingerprint density at radius 1 is 1.22 bits per heavy atom. The van der Waals surface area contributed by atoms with Crippen molar-refractivity contribution in [1.82, 2.24) is 4.98 Å². The van der Waals surface area contributed by atoms with Gasteiger partial charge in [-0.25, -0.2) is 13.4 Å². The van der Waals surface area contributed by atoms with Gasteiger partial charge in [-0.2, -0.15) is 0 Å². The lowest BCUT2D eigenvalue weighted by Crippen LogP contribution is -2.37. The number of hydrogen-bond donors (Lipinski definition) is 0. The maximum atomic E-state index is 13.1. The van der Waals surface area contributed by atoms with E-state index in [1.54, 1.807) is 23.1 Å². The number of nitrogens with zero attached hydrogens (tertiary/aromatic N) is 2. The van der Waals surface area contributed by atoms with E-state index < -0.39 is 9.84 Å². The van der Waals surface area contributed by atoms with Crippen molar-refractivity contribution in [1.29, 1.82) is 0 Å². The molecule has 2 aromatic carbocycles. The molecule has 0 bridgehead atoms. The lowest BCUT2D eigenvalue weighted by atomic mass is 10.2. The first kappa shape index (κ1) is 23.2. The summed E-state index contributed by atoms with van der Waals surface area (Å²) in [6.07, 6.45) is 2.24. The summed E-state index contributed by atoms with van der Waals surface area (Å²) in [6.45, 7) is 1.11. The number of benzene rings is 2. The molecular weight excluding hydrogens is 468 g/mol. The highest BCUT2D eigenvalue weighted by atomic mass is 35.5. The van der Waals surface area contributed by atoms with E-state index >= 15 is 0 Å². The second-order valence-corrected chi connectivity index (χ2v) is 11.6. The molecule has 32 heavy (non-hydrogen) atoms. The first-order valence-corrected chi connectivity index (χ1v) is 13.6. The summed E-state index contributed by atoms with van der Waals surface area (Å²) in [6, 6.07) is 14.5. The van der Waals surface area contributed by atoms with Gasteiger partial charge in [-0.05, 0) is 43.0 Å². The van der Waals surface area contributed by atoms with Gasteiger partial charge in [0, 0.05) is 18.1 Å². The molecule has 0 spiro atoms. The quantitative estimate of drug-likeness (QED) is 0.426. The van der Waals surface area contributed by atoms with Crippen molar-refractivity contribution in [2.45, 2.75) is 37.5 Å². The first-order valence-electron chi connectivity index (χ1n) is 10.6. The molecule has 1 aliphatic heterocycles. The zero-order chi connectivity index (χ0) is 22.6. The van der Waals surface area contributed by atoms with E-state index in [4.69, 9.17) is 16.3 Å². The average Bonchev–Trinajstić information content (AvgIpc) is 3.41. The zero-order valence-corrected chi connectivity index (χ0v) is 20.0. The van der Waals surface area contributed by atoms with Gasteiger partial charge in [-0.1, -0.05) is 53.3 Å². The third-order valence-electron chi connectivity index (χ3n) is 5.36. The van der Waals surface area contributed by atoms with Crippen LogP contribution in [0.4, 0.5) is 5.13 Å². The number of anilines is 1. The van der Waals surface area contributed by atoms with Crippen LogP contribution in [0, 0.1) is 0 Å². The average molecular weight is 493 g/mol.